The van der Waals surface area contributed by atoms with E-state index in [9.17, 15) is 58.8 Å². The molecule has 24 heteroatoms. The number of aliphatic carboxylic acids is 2. The van der Waals surface area contributed by atoms with Crippen molar-refractivity contribution in [2.75, 3.05) is 19.8 Å². The summed E-state index contributed by atoms with van der Waals surface area (Å²) in [6.45, 7) is 4.91. The van der Waals surface area contributed by atoms with Crippen LogP contribution in [0.15, 0.2) is 17.5 Å². The molecule has 6 amide bonds. The molecule has 1 aromatic rings. The van der Waals surface area contributed by atoms with Gasteiger partial charge in [-0.3, -0.25) is 38.6 Å². The number of nitrogens with two attached hydrogens (primary N) is 3. The Bertz CT molecular complexity index is 1550. The maximum absolute atomic E-state index is 13.6. The monoisotopic (exact) mass is 812 g/mol. The summed E-state index contributed by atoms with van der Waals surface area (Å²) in [4.78, 5) is 113. The molecule has 0 saturated carbocycles. The van der Waals surface area contributed by atoms with E-state index < -0.39 is 115 Å². The second-order valence-electron chi connectivity index (χ2n) is 13.8. The summed E-state index contributed by atoms with van der Waals surface area (Å²) in [5, 5.41) is 52.4. The first-order valence-corrected chi connectivity index (χ1v) is 18.0. The summed E-state index contributed by atoms with van der Waals surface area (Å²) in [6.07, 6.45) is 1.59. The number of carboxylic acids is 2. The Morgan fingerprint density at radius 2 is 1.28 bits per heavy atom. The number of aliphatic hydroxyl groups is 2. The lowest BCUT2D eigenvalue weighted by Crippen LogP contribution is -2.61. The number of hydrogen-bond acceptors (Lipinski definition) is 13. The van der Waals surface area contributed by atoms with E-state index in [1.165, 1.54) is 12.5 Å². The Kier molecular flexibility index (Phi) is 21.2. The molecule has 0 aliphatic carbocycles. The summed E-state index contributed by atoms with van der Waals surface area (Å²) < 4.78 is 0. The van der Waals surface area contributed by atoms with Gasteiger partial charge in [-0.15, -0.1) is 0 Å². The molecule has 57 heavy (non-hydrogen) atoms. The van der Waals surface area contributed by atoms with Crippen LogP contribution in [0.1, 0.15) is 59.1 Å². The zero-order chi connectivity index (χ0) is 43.4. The number of aliphatic hydroxyl groups excluding tert-OH is 2. The number of H-pyrrole nitrogens is 1. The van der Waals surface area contributed by atoms with Crippen molar-refractivity contribution in [1.82, 2.24) is 41.9 Å². The number of carbonyl (C=O) groups is 8. The van der Waals surface area contributed by atoms with Gasteiger partial charge in [-0.25, -0.2) is 9.78 Å². The number of aliphatic imine (C=N–C) groups is 1. The lowest BCUT2D eigenvalue weighted by atomic mass is 9.99. The van der Waals surface area contributed by atoms with Crippen LogP contribution in [0.5, 0.6) is 0 Å². The highest BCUT2D eigenvalue weighted by Gasteiger charge is 2.35. The van der Waals surface area contributed by atoms with Crippen LogP contribution in [-0.2, 0) is 44.8 Å². The molecule has 0 aromatic carbocycles. The van der Waals surface area contributed by atoms with Crippen molar-refractivity contribution in [3.05, 3.63) is 18.2 Å². The van der Waals surface area contributed by atoms with Gasteiger partial charge in [0.15, 0.2) is 5.96 Å². The van der Waals surface area contributed by atoms with Gasteiger partial charge < -0.3 is 74.5 Å². The van der Waals surface area contributed by atoms with Gasteiger partial charge in [-0.1, -0.05) is 27.7 Å². The van der Waals surface area contributed by atoms with Crippen molar-refractivity contribution in [3.63, 3.8) is 0 Å². The summed E-state index contributed by atoms with van der Waals surface area (Å²) in [5.74, 6) is -9.90. The van der Waals surface area contributed by atoms with E-state index in [2.05, 4.69) is 46.9 Å². The first-order valence-electron chi connectivity index (χ1n) is 18.0. The molecule has 1 aromatic heterocycles. The smallest absolute Gasteiger partial charge is 0.326 e. The minimum Gasteiger partial charge on any atom is -0.481 e. The molecule has 0 radical (unpaired) electrons. The number of hydrogen-bond donors (Lipinski definition) is 14. The van der Waals surface area contributed by atoms with Gasteiger partial charge in [0, 0.05) is 24.9 Å². The number of carboxylic acid groups (broad SMARTS) is 2. The zero-order valence-corrected chi connectivity index (χ0v) is 32.2. The molecule has 0 fully saturated rings. The van der Waals surface area contributed by atoms with Gasteiger partial charge in [0.1, 0.15) is 42.3 Å². The third kappa shape index (κ3) is 18.1. The fourth-order valence-electron chi connectivity index (χ4n) is 5.10. The molecule has 0 unspecified atom stereocenters. The van der Waals surface area contributed by atoms with Crippen LogP contribution < -0.4 is 49.1 Å². The molecule has 0 bridgehead atoms. The molecule has 1 heterocycles. The number of rotatable bonds is 26. The van der Waals surface area contributed by atoms with Gasteiger partial charge in [0.2, 0.25) is 35.4 Å². The van der Waals surface area contributed by atoms with Crippen molar-refractivity contribution >= 4 is 53.3 Å². The van der Waals surface area contributed by atoms with Crippen molar-refractivity contribution in [2.24, 2.45) is 34.0 Å². The van der Waals surface area contributed by atoms with Gasteiger partial charge in [-0.05, 0) is 31.1 Å². The zero-order valence-electron chi connectivity index (χ0n) is 32.2. The molecule has 0 saturated heterocycles. The lowest BCUT2D eigenvalue weighted by molar-refractivity contribution is -0.143. The Balaban J connectivity index is 3.19. The molecular formula is C33H56N12O12. The van der Waals surface area contributed by atoms with E-state index >= 15 is 0 Å². The van der Waals surface area contributed by atoms with Crippen LogP contribution in [0.4, 0.5) is 0 Å². The number of carbonyl (C=O) groups excluding carboxylic acids is 6. The largest absolute Gasteiger partial charge is 0.481 e. The highest BCUT2D eigenvalue weighted by molar-refractivity contribution is 5.98. The van der Waals surface area contributed by atoms with Gasteiger partial charge in [0.25, 0.3) is 0 Å². The molecule has 24 nitrogen and oxygen atoms in total. The van der Waals surface area contributed by atoms with Gasteiger partial charge >= 0.3 is 11.9 Å². The van der Waals surface area contributed by atoms with Crippen LogP contribution in [0.3, 0.4) is 0 Å². The first kappa shape index (κ1) is 49.1. The minimum atomic E-state index is -1.86. The number of guanidine groups is 1. The minimum absolute atomic E-state index is 0.0288. The Labute approximate surface area is 327 Å². The molecule has 320 valence electrons. The highest BCUT2D eigenvalue weighted by Crippen LogP contribution is 2.10. The van der Waals surface area contributed by atoms with Crippen LogP contribution in [-0.4, -0.2) is 146 Å². The van der Waals surface area contributed by atoms with Crippen molar-refractivity contribution in [3.8, 4) is 0 Å². The molecule has 0 aliphatic heterocycles. The van der Waals surface area contributed by atoms with E-state index in [1.54, 1.807) is 27.7 Å². The number of aromatic amines is 1. The molecule has 7 atom stereocenters. The van der Waals surface area contributed by atoms with Crippen LogP contribution in [0.25, 0.3) is 0 Å². The van der Waals surface area contributed by atoms with Gasteiger partial charge in [-0.2, -0.15) is 0 Å². The fraction of sp³-hybridized carbons (Fsp3) is 0.636. The van der Waals surface area contributed by atoms with Crippen LogP contribution in [0.2, 0.25) is 0 Å². The second kappa shape index (κ2) is 24.6. The Morgan fingerprint density at radius 1 is 0.737 bits per heavy atom. The Hall–Kier alpha value is -5.88. The summed E-state index contributed by atoms with van der Waals surface area (Å²) in [5.41, 5.74) is 16.5. The first-order chi connectivity index (χ1) is 26.7. The van der Waals surface area contributed by atoms with E-state index in [0.29, 0.717) is 5.69 Å². The number of imidazole rings is 1. The highest BCUT2D eigenvalue weighted by atomic mass is 16.4. The predicted molar refractivity (Wildman–Crippen MR) is 200 cm³/mol. The van der Waals surface area contributed by atoms with Gasteiger partial charge in [0.05, 0.1) is 26.0 Å². The SMILES string of the molecule is CC(C)C[C@H](NC(=O)[C@H](CC(=O)O)NC(=O)[C@H](CO)NC(=O)[C@H](Cc1cnc[nH]1)NC(=O)[C@@H](N)CO)C(=O)N[C@H](C(=O)N[C@@H](CCCN=C(N)N)C(=O)O)C(C)C. The molecule has 0 aliphatic rings. The van der Waals surface area contributed by atoms with Crippen LogP contribution >= 0.6 is 0 Å². The average Bonchev–Trinajstić information content (AvgIpc) is 3.64. The maximum Gasteiger partial charge on any atom is 0.326 e. The number of amides is 6. The predicted octanol–water partition coefficient (Wildman–Crippen LogP) is -5.51. The normalized spacial score (nSPS) is 14.8. The molecule has 0 spiro atoms. The topological polar surface area (TPSA) is 409 Å². The quantitative estimate of drug-likeness (QED) is 0.0236. The molecule has 1 rings (SSSR count). The molecular weight excluding hydrogens is 756 g/mol. The van der Waals surface area contributed by atoms with Crippen molar-refractivity contribution in [2.45, 2.75) is 102 Å². The van der Waals surface area contributed by atoms with Crippen molar-refractivity contribution < 1.29 is 58.8 Å². The number of nitrogens with one attached hydrogen (secondary N) is 7. The fourth-order valence-corrected chi connectivity index (χ4v) is 5.10. The van der Waals surface area contributed by atoms with E-state index in [4.69, 9.17) is 17.2 Å². The number of aromatic nitrogens is 2. The van der Waals surface area contributed by atoms with Crippen LogP contribution in [0, 0.1) is 11.8 Å². The second-order valence-corrected chi connectivity index (χ2v) is 13.8. The lowest BCUT2D eigenvalue weighted by Gasteiger charge is -2.28. The standard InChI is InChI=1S/C33H56N12O12/c1-15(2)8-20(29(53)45-25(16(3)4)31(55)40-19(32(56)57)6-5-7-38-33(35)36)42-28(52)22(10-24(48)49)43-30(54)23(13-47)44-27(51)21(9-17-11-37-14-39-17)41-26(50)18(34)12-46/h11,14-16,18-23,25,46-47H,5-10,12-13,34H2,1-4H3,(H,37,39)(H,40,55)(H,41,50)(H,42,52)(H,43,54)(H,44,51)(H,45,53)(H,48,49)(H,56,57)(H4,35,36,38)/t18-,19-,20-,21-,22-,23-,25-/m0/s1. The van der Waals surface area contributed by atoms with E-state index in [1.807, 2.05) is 0 Å². The summed E-state index contributed by atoms with van der Waals surface area (Å²) in [7, 11) is 0. The Morgan fingerprint density at radius 3 is 1.79 bits per heavy atom. The maximum atomic E-state index is 13.6. The van der Waals surface area contributed by atoms with E-state index in [0.717, 1.165) is 0 Å². The summed E-state index contributed by atoms with van der Waals surface area (Å²) >= 11 is 0. The van der Waals surface area contributed by atoms with E-state index in [-0.39, 0.29) is 44.1 Å². The molecule has 17 N–H and O–H groups in total. The number of nitrogens with zero attached hydrogens (tertiary/aromatic N) is 2. The third-order valence-electron chi connectivity index (χ3n) is 8.12. The van der Waals surface area contributed by atoms with Crippen molar-refractivity contribution in [1.29, 1.82) is 0 Å². The summed E-state index contributed by atoms with van der Waals surface area (Å²) in [6, 6.07) is -10.5. The average molecular weight is 813 g/mol. The third-order valence-corrected chi connectivity index (χ3v) is 8.12.